The van der Waals surface area contributed by atoms with Crippen molar-refractivity contribution in [2.24, 2.45) is 0 Å². The second kappa shape index (κ2) is 13.9. The Kier molecular flexibility index (Phi) is 10.3. The van der Waals surface area contributed by atoms with Crippen LogP contribution in [0.1, 0.15) is 41.0 Å². The van der Waals surface area contributed by atoms with Gasteiger partial charge in [-0.15, -0.1) is 0 Å². The lowest BCUT2D eigenvalue weighted by atomic mass is 10.0. The first kappa shape index (κ1) is 25.9. The molecular formula is C28H30O7. The number of carbonyl (C=O) groups excluding carboxylic acids is 2. The smallest absolute Gasteiger partial charge is 0.338 e. The van der Waals surface area contributed by atoms with Crippen molar-refractivity contribution in [2.45, 2.75) is 32.5 Å². The molecule has 7 heteroatoms. The predicted molar refractivity (Wildman–Crippen MR) is 131 cm³/mol. The molecule has 0 radical (unpaired) electrons. The summed E-state index contributed by atoms with van der Waals surface area (Å²) in [6, 6.07) is 25.0. The van der Waals surface area contributed by atoms with Gasteiger partial charge in [-0.1, -0.05) is 48.5 Å². The van der Waals surface area contributed by atoms with Gasteiger partial charge in [0.25, 0.3) is 0 Å². The Morgan fingerprint density at radius 2 is 1.31 bits per heavy atom. The highest BCUT2D eigenvalue weighted by atomic mass is 16.7. The Balaban J connectivity index is 1.40. The van der Waals surface area contributed by atoms with Crippen molar-refractivity contribution in [1.29, 1.82) is 0 Å². The monoisotopic (exact) mass is 478 g/mol. The fourth-order valence-electron chi connectivity index (χ4n) is 3.10. The number of Topliss-reactive ketones (excluding diaryl/α,β-unsaturated/α-hetero) is 1. The van der Waals surface area contributed by atoms with Crippen molar-refractivity contribution in [3.8, 4) is 11.5 Å². The summed E-state index contributed by atoms with van der Waals surface area (Å²) < 4.78 is 27.7. The fraction of sp³-hybridized carbons (Fsp3) is 0.286. The van der Waals surface area contributed by atoms with Crippen molar-refractivity contribution in [2.75, 3.05) is 20.2 Å². The summed E-state index contributed by atoms with van der Waals surface area (Å²) in [6.45, 7) is 3.63. The summed E-state index contributed by atoms with van der Waals surface area (Å²) in [4.78, 5) is 24.8. The van der Waals surface area contributed by atoms with Crippen LogP contribution in [0, 0.1) is 0 Å². The summed E-state index contributed by atoms with van der Waals surface area (Å²) in [6.07, 6.45) is -0.552. The molecule has 0 saturated heterocycles. The van der Waals surface area contributed by atoms with Gasteiger partial charge in [0.05, 0.1) is 23.3 Å². The zero-order chi connectivity index (χ0) is 24.9. The predicted octanol–water partition coefficient (Wildman–Crippen LogP) is 5.30. The molecule has 0 aliphatic rings. The van der Waals surface area contributed by atoms with Gasteiger partial charge >= 0.3 is 5.97 Å². The van der Waals surface area contributed by atoms with Gasteiger partial charge in [0.1, 0.15) is 18.1 Å². The van der Waals surface area contributed by atoms with E-state index in [1.807, 2.05) is 43.3 Å². The van der Waals surface area contributed by atoms with E-state index >= 15 is 0 Å². The van der Waals surface area contributed by atoms with Crippen molar-refractivity contribution in [3.05, 3.63) is 96.1 Å². The molecule has 0 aliphatic carbocycles. The molecule has 0 amide bonds. The lowest BCUT2D eigenvalue weighted by molar-refractivity contribution is -0.0545. The van der Waals surface area contributed by atoms with Crippen LogP contribution in [-0.2, 0) is 14.2 Å². The average molecular weight is 479 g/mol. The molecule has 0 aromatic heterocycles. The van der Waals surface area contributed by atoms with E-state index in [9.17, 15) is 9.59 Å². The van der Waals surface area contributed by atoms with Crippen LogP contribution in [0.25, 0.3) is 0 Å². The minimum absolute atomic E-state index is 0.0528. The molecule has 0 N–H and O–H groups in total. The average Bonchev–Trinajstić information content (AvgIpc) is 2.88. The molecule has 0 spiro atoms. The molecule has 35 heavy (non-hydrogen) atoms. The molecule has 0 heterocycles. The number of ketones is 1. The van der Waals surface area contributed by atoms with E-state index in [1.165, 1.54) is 0 Å². The number of benzene rings is 3. The van der Waals surface area contributed by atoms with Crippen molar-refractivity contribution in [3.63, 3.8) is 0 Å². The minimum atomic E-state index is -0.414. The van der Waals surface area contributed by atoms with E-state index in [-0.39, 0.29) is 44.6 Å². The van der Waals surface area contributed by atoms with Gasteiger partial charge in [0, 0.05) is 6.42 Å². The highest BCUT2D eigenvalue weighted by Crippen LogP contribution is 2.21. The van der Waals surface area contributed by atoms with Crippen LogP contribution in [0.3, 0.4) is 0 Å². The van der Waals surface area contributed by atoms with Gasteiger partial charge in [-0.3, -0.25) is 4.79 Å². The van der Waals surface area contributed by atoms with E-state index < -0.39 is 5.97 Å². The Bertz CT molecular complexity index is 1050. The number of para-hydroxylation sites is 2. The van der Waals surface area contributed by atoms with Crippen LogP contribution in [0.4, 0.5) is 0 Å². The largest absolute Gasteiger partial charge is 0.468 e. The van der Waals surface area contributed by atoms with E-state index in [2.05, 4.69) is 0 Å². The quantitative estimate of drug-likeness (QED) is 0.177. The van der Waals surface area contributed by atoms with Crippen LogP contribution < -0.4 is 9.47 Å². The van der Waals surface area contributed by atoms with Gasteiger partial charge in [0.2, 0.25) is 0 Å². The lowest BCUT2D eigenvalue weighted by Crippen LogP contribution is -2.22. The first-order valence-electron chi connectivity index (χ1n) is 11.4. The van der Waals surface area contributed by atoms with Crippen LogP contribution in [0.2, 0.25) is 0 Å². The first-order valence-corrected chi connectivity index (χ1v) is 11.4. The van der Waals surface area contributed by atoms with Gasteiger partial charge in [-0.05, 0) is 50.2 Å². The standard InChI is InChI=1S/C28H30O7/c1-21(32-19-34-24-13-7-4-8-14-24)17-26(29)25-15-9-10-16-27(25)35-20-33-22(2)18-31-28(30)23-11-5-3-6-12-23/h3-16,21-22H,17-20H2,1-2H3. The highest BCUT2D eigenvalue weighted by Gasteiger charge is 2.17. The van der Waals surface area contributed by atoms with Crippen LogP contribution in [-0.4, -0.2) is 44.2 Å². The highest BCUT2D eigenvalue weighted by molar-refractivity contribution is 5.98. The third-order valence-electron chi connectivity index (χ3n) is 5.01. The number of hydrogen-bond acceptors (Lipinski definition) is 7. The first-order chi connectivity index (χ1) is 17.0. The van der Waals surface area contributed by atoms with Crippen LogP contribution in [0.5, 0.6) is 11.5 Å². The molecule has 3 aromatic carbocycles. The number of carbonyl (C=O) groups is 2. The molecular weight excluding hydrogens is 448 g/mol. The summed E-state index contributed by atoms with van der Waals surface area (Å²) in [5.41, 5.74) is 0.923. The molecule has 2 unspecified atom stereocenters. The Morgan fingerprint density at radius 1 is 0.714 bits per heavy atom. The minimum Gasteiger partial charge on any atom is -0.468 e. The van der Waals surface area contributed by atoms with E-state index in [4.69, 9.17) is 23.7 Å². The molecule has 3 rings (SSSR count). The SMILES string of the molecule is CC(COC(=O)c1ccccc1)OCOc1ccccc1C(=O)CC(C)OCOc1ccccc1. The van der Waals surface area contributed by atoms with Crippen LogP contribution >= 0.6 is 0 Å². The van der Waals surface area contributed by atoms with Crippen molar-refractivity contribution < 1.29 is 33.3 Å². The molecule has 0 bridgehead atoms. The topological polar surface area (TPSA) is 80.3 Å². The Hall–Kier alpha value is -3.68. The zero-order valence-electron chi connectivity index (χ0n) is 19.9. The summed E-state index contributed by atoms with van der Waals surface area (Å²) in [5.74, 6) is 0.591. The maximum atomic E-state index is 12.8. The molecule has 2 atom stereocenters. The summed E-state index contributed by atoms with van der Waals surface area (Å²) >= 11 is 0. The van der Waals surface area contributed by atoms with Gasteiger partial charge in [-0.2, -0.15) is 0 Å². The van der Waals surface area contributed by atoms with Crippen LogP contribution in [0.15, 0.2) is 84.9 Å². The molecule has 3 aromatic rings. The molecule has 0 saturated carbocycles. The summed E-state index contributed by atoms with van der Waals surface area (Å²) in [7, 11) is 0. The van der Waals surface area contributed by atoms with E-state index in [0.717, 1.165) is 0 Å². The number of ether oxygens (including phenoxy) is 5. The Morgan fingerprint density at radius 3 is 2.06 bits per heavy atom. The normalized spacial score (nSPS) is 12.4. The molecule has 184 valence electrons. The summed E-state index contributed by atoms with van der Waals surface area (Å²) in [5, 5.41) is 0. The lowest BCUT2D eigenvalue weighted by Gasteiger charge is -2.16. The second-order valence-electron chi connectivity index (χ2n) is 7.88. The van der Waals surface area contributed by atoms with Crippen molar-refractivity contribution >= 4 is 11.8 Å². The van der Waals surface area contributed by atoms with Gasteiger partial charge < -0.3 is 23.7 Å². The van der Waals surface area contributed by atoms with Gasteiger partial charge in [0.15, 0.2) is 19.4 Å². The van der Waals surface area contributed by atoms with Crippen molar-refractivity contribution in [1.82, 2.24) is 0 Å². The molecule has 0 aliphatic heterocycles. The number of rotatable bonds is 14. The number of esters is 1. The third-order valence-corrected chi connectivity index (χ3v) is 5.01. The second-order valence-corrected chi connectivity index (χ2v) is 7.88. The molecule has 0 fully saturated rings. The van der Waals surface area contributed by atoms with E-state index in [1.54, 1.807) is 55.5 Å². The zero-order valence-corrected chi connectivity index (χ0v) is 19.9. The fourth-order valence-corrected chi connectivity index (χ4v) is 3.10. The van der Waals surface area contributed by atoms with E-state index in [0.29, 0.717) is 22.6 Å². The maximum absolute atomic E-state index is 12.8. The number of hydrogen-bond donors (Lipinski definition) is 0. The maximum Gasteiger partial charge on any atom is 0.338 e. The Labute approximate surface area is 205 Å². The third kappa shape index (κ3) is 8.88. The molecule has 7 nitrogen and oxygen atoms in total. The van der Waals surface area contributed by atoms with Gasteiger partial charge in [-0.25, -0.2) is 4.79 Å².